The van der Waals surface area contributed by atoms with E-state index in [1.54, 1.807) is 0 Å². The molecule has 0 atom stereocenters. The number of benzene rings is 1. The van der Waals surface area contributed by atoms with Gasteiger partial charge in [0.2, 0.25) is 0 Å². The summed E-state index contributed by atoms with van der Waals surface area (Å²) in [5, 5.41) is 3.42. The molecule has 0 saturated heterocycles. The summed E-state index contributed by atoms with van der Waals surface area (Å²) in [6.07, 6.45) is 6.39. The van der Waals surface area contributed by atoms with E-state index < -0.39 is 0 Å². The number of anilines is 1. The molecule has 0 bridgehead atoms. The minimum atomic E-state index is 0.117. The maximum Gasteiger partial charge on any atom is 0.253 e. The molecule has 21 heavy (non-hydrogen) atoms. The summed E-state index contributed by atoms with van der Waals surface area (Å²) in [5.74, 6) is 0.117. The molecule has 0 aliphatic carbocycles. The molecule has 1 aromatic rings. The van der Waals surface area contributed by atoms with Gasteiger partial charge in [-0.1, -0.05) is 38.7 Å². The fraction of sp³-hybridized carbons (Fsp3) is 0.611. The summed E-state index contributed by atoms with van der Waals surface area (Å²) in [6, 6.07) is 7.85. The number of nitrogens with zero attached hydrogens (tertiary/aromatic N) is 1. The van der Waals surface area contributed by atoms with Gasteiger partial charge >= 0.3 is 0 Å². The van der Waals surface area contributed by atoms with Crippen molar-refractivity contribution in [1.29, 1.82) is 0 Å². The smallest absolute Gasteiger partial charge is 0.253 e. The van der Waals surface area contributed by atoms with Crippen LogP contribution in [0.1, 0.15) is 63.2 Å². The van der Waals surface area contributed by atoms with Crippen LogP contribution in [0, 0.1) is 0 Å². The molecule has 0 aliphatic heterocycles. The molecule has 3 nitrogen and oxygen atoms in total. The Morgan fingerprint density at radius 2 is 1.76 bits per heavy atom. The standard InChI is InChI=1S/C18H30N2O/c1-4-7-8-9-10-14-19-17-13-11-12-16(15-17)18(21)20(5-2)6-3/h11-13,15,19H,4-10,14H2,1-3H3. The average Bonchev–Trinajstić information content (AvgIpc) is 2.52. The summed E-state index contributed by atoms with van der Waals surface area (Å²) < 4.78 is 0. The van der Waals surface area contributed by atoms with Crippen molar-refractivity contribution in [2.75, 3.05) is 25.0 Å². The Labute approximate surface area is 129 Å². The van der Waals surface area contributed by atoms with Crippen LogP contribution in [0.2, 0.25) is 0 Å². The molecule has 0 spiro atoms. The van der Waals surface area contributed by atoms with Crippen LogP contribution in [0.4, 0.5) is 5.69 Å². The van der Waals surface area contributed by atoms with Crippen LogP contribution in [-0.2, 0) is 0 Å². The fourth-order valence-corrected chi connectivity index (χ4v) is 2.42. The van der Waals surface area contributed by atoms with Crippen molar-refractivity contribution in [3.05, 3.63) is 29.8 Å². The normalized spacial score (nSPS) is 10.4. The second kappa shape index (κ2) is 10.3. The van der Waals surface area contributed by atoms with Crippen LogP contribution < -0.4 is 5.32 Å². The number of hydrogen-bond acceptors (Lipinski definition) is 2. The average molecular weight is 290 g/mol. The van der Waals surface area contributed by atoms with Crippen molar-refractivity contribution in [2.24, 2.45) is 0 Å². The lowest BCUT2D eigenvalue weighted by molar-refractivity contribution is 0.0773. The highest BCUT2D eigenvalue weighted by molar-refractivity contribution is 5.95. The largest absolute Gasteiger partial charge is 0.385 e. The SMILES string of the molecule is CCCCCCCNc1cccc(C(=O)N(CC)CC)c1. The zero-order valence-corrected chi connectivity index (χ0v) is 13.8. The van der Waals surface area contributed by atoms with Crippen molar-refractivity contribution < 1.29 is 4.79 Å². The Morgan fingerprint density at radius 3 is 2.43 bits per heavy atom. The first-order valence-corrected chi connectivity index (χ1v) is 8.36. The Morgan fingerprint density at radius 1 is 1.05 bits per heavy atom. The molecule has 1 rings (SSSR count). The summed E-state index contributed by atoms with van der Waals surface area (Å²) >= 11 is 0. The molecular weight excluding hydrogens is 260 g/mol. The molecular formula is C18H30N2O. The first-order chi connectivity index (χ1) is 10.2. The molecule has 1 aromatic carbocycles. The summed E-state index contributed by atoms with van der Waals surface area (Å²) in [7, 11) is 0. The van der Waals surface area contributed by atoms with Gasteiger partial charge in [0, 0.05) is 30.9 Å². The Bertz CT molecular complexity index is 413. The van der Waals surface area contributed by atoms with Gasteiger partial charge in [0.1, 0.15) is 0 Å². The summed E-state index contributed by atoms with van der Waals surface area (Å²) in [6.45, 7) is 8.75. The molecule has 0 heterocycles. The van der Waals surface area contributed by atoms with Crippen LogP contribution in [0.15, 0.2) is 24.3 Å². The number of amides is 1. The minimum Gasteiger partial charge on any atom is -0.385 e. The van der Waals surface area contributed by atoms with E-state index >= 15 is 0 Å². The number of carbonyl (C=O) groups is 1. The van der Waals surface area contributed by atoms with Gasteiger partial charge in [-0.2, -0.15) is 0 Å². The second-order valence-electron chi connectivity index (χ2n) is 5.40. The van der Waals surface area contributed by atoms with Gasteiger partial charge in [0.15, 0.2) is 0 Å². The van der Waals surface area contributed by atoms with E-state index in [-0.39, 0.29) is 5.91 Å². The maximum atomic E-state index is 12.3. The first kappa shape index (κ1) is 17.5. The van der Waals surface area contributed by atoms with Crippen LogP contribution in [0.25, 0.3) is 0 Å². The first-order valence-electron chi connectivity index (χ1n) is 8.36. The van der Waals surface area contributed by atoms with Crippen molar-refractivity contribution >= 4 is 11.6 Å². The van der Waals surface area contributed by atoms with Gasteiger partial charge in [0.05, 0.1) is 0 Å². The van der Waals surface area contributed by atoms with E-state index in [1.165, 1.54) is 32.1 Å². The molecule has 118 valence electrons. The molecule has 0 aromatic heterocycles. The van der Waals surface area contributed by atoms with E-state index in [0.29, 0.717) is 0 Å². The molecule has 1 N–H and O–H groups in total. The van der Waals surface area contributed by atoms with E-state index in [1.807, 2.05) is 43.0 Å². The van der Waals surface area contributed by atoms with Crippen LogP contribution >= 0.6 is 0 Å². The Hall–Kier alpha value is -1.51. The zero-order valence-electron chi connectivity index (χ0n) is 13.8. The second-order valence-corrected chi connectivity index (χ2v) is 5.40. The summed E-state index contributed by atoms with van der Waals surface area (Å²) in [4.78, 5) is 14.2. The van der Waals surface area contributed by atoms with Crippen LogP contribution in [0.5, 0.6) is 0 Å². The highest BCUT2D eigenvalue weighted by Gasteiger charge is 2.12. The number of unbranched alkanes of at least 4 members (excludes halogenated alkanes) is 4. The lowest BCUT2D eigenvalue weighted by atomic mass is 10.1. The number of rotatable bonds is 10. The number of carbonyl (C=O) groups excluding carboxylic acids is 1. The highest BCUT2D eigenvalue weighted by atomic mass is 16.2. The molecule has 0 saturated carbocycles. The molecule has 3 heteroatoms. The van der Waals surface area contributed by atoms with Crippen LogP contribution in [0.3, 0.4) is 0 Å². The molecule has 0 radical (unpaired) electrons. The quantitative estimate of drug-likeness (QED) is 0.641. The van der Waals surface area contributed by atoms with Gasteiger partial charge < -0.3 is 10.2 Å². The number of nitrogens with one attached hydrogen (secondary N) is 1. The third kappa shape index (κ3) is 6.19. The minimum absolute atomic E-state index is 0.117. The van der Waals surface area contributed by atoms with Gasteiger partial charge in [-0.3, -0.25) is 4.79 Å². The molecule has 0 fully saturated rings. The van der Waals surface area contributed by atoms with E-state index in [0.717, 1.165) is 30.9 Å². The maximum absolute atomic E-state index is 12.3. The third-order valence-electron chi connectivity index (χ3n) is 3.77. The zero-order chi connectivity index (χ0) is 15.5. The van der Waals surface area contributed by atoms with E-state index in [2.05, 4.69) is 12.2 Å². The Kier molecular flexibility index (Phi) is 8.56. The van der Waals surface area contributed by atoms with Crippen molar-refractivity contribution in [2.45, 2.75) is 52.9 Å². The van der Waals surface area contributed by atoms with Crippen LogP contribution in [-0.4, -0.2) is 30.4 Å². The molecule has 0 aliphatic rings. The van der Waals surface area contributed by atoms with Gasteiger partial charge in [-0.25, -0.2) is 0 Å². The molecule has 1 amide bonds. The lowest BCUT2D eigenvalue weighted by Crippen LogP contribution is -2.30. The van der Waals surface area contributed by atoms with Crippen molar-refractivity contribution in [3.63, 3.8) is 0 Å². The van der Waals surface area contributed by atoms with Gasteiger partial charge in [0.25, 0.3) is 5.91 Å². The highest BCUT2D eigenvalue weighted by Crippen LogP contribution is 2.13. The summed E-state index contributed by atoms with van der Waals surface area (Å²) in [5.41, 5.74) is 1.82. The van der Waals surface area contributed by atoms with Crippen molar-refractivity contribution in [1.82, 2.24) is 4.90 Å². The lowest BCUT2D eigenvalue weighted by Gasteiger charge is -2.19. The molecule has 0 unspecified atom stereocenters. The fourth-order valence-electron chi connectivity index (χ4n) is 2.42. The number of hydrogen-bond donors (Lipinski definition) is 1. The van der Waals surface area contributed by atoms with Gasteiger partial charge in [-0.15, -0.1) is 0 Å². The van der Waals surface area contributed by atoms with E-state index in [9.17, 15) is 4.79 Å². The predicted molar refractivity (Wildman–Crippen MR) is 90.9 cm³/mol. The predicted octanol–water partition coefficient (Wildman–Crippen LogP) is 4.55. The van der Waals surface area contributed by atoms with E-state index in [4.69, 9.17) is 0 Å². The van der Waals surface area contributed by atoms with Gasteiger partial charge in [-0.05, 0) is 38.5 Å². The van der Waals surface area contributed by atoms with Crippen molar-refractivity contribution in [3.8, 4) is 0 Å². The topological polar surface area (TPSA) is 32.3 Å². The monoisotopic (exact) mass is 290 g/mol. The Balaban J connectivity index is 2.47. The third-order valence-corrected chi connectivity index (χ3v) is 3.77.